The van der Waals surface area contributed by atoms with Crippen LogP contribution in [0.4, 0.5) is 5.69 Å². The van der Waals surface area contributed by atoms with E-state index in [9.17, 15) is 4.79 Å². The maximum atomic E-state index is 13.1. The molecule has 3 rings (SSSR count). The van der Waals surface area contributed by atoms with Crippen LogP contribution >= 0.6 is 0 Å². The monoisotopic (exact) mass is 401 g/mol. The Balaban J connectivity index is 1.91. The molecule has 0 saturated heterocycles. The van der Waals surface area contributed by atoms with Crippen LogP contribution < -0.4 is 4.90 Å². The number of hydrogen-bond donors (Lipinski definition) is 1. The summed E-state index contributed by atoms with van der Waals surface area (Å²) < 4.78 is 0. The molecule has 0 aliphatic heterocycles. The molecule has 3 aromatic rings. The van der Waals surface area contributed by atoms with Gasteiger partial charge < -0.3 is 4.90 Å². The molecule has 6 heteroatoms. The number of anilines is 1. The molecule has 0 saturated carbocycles. The van der Waals surface area contributed by atoms with E-state index in [4.69, 9.17) is 0 Å². The fourth-order valence-corrected chi connectivity index (χ4v) is 3.10. The summed E-state index contributed by atoms with van der Waals surface area (Å²) in [4.78, 5) is 14.9. The van der Waals surface area contributed by atoms with Gasteiger partial charge >= 0.3 is 0 Å². The number of unbranched alkanes of at least 4 members (excludes halogenated alkanes) is 1. The Kier molecular flexibility index (Phi) is 7.34. The predicted molar refractivity (Wildman–Crippen MR) is 118 cm³/mol. The standard InChI is InChI=1S/C24H27N5O/c1-4-5-6-9-19-10-7-11-20(15-19)17-29(23(30)14-18(2)3)22-13-8-12-21(16-22)24-25-27-28-26-24/h7-8,10-13,15-16,18H,4-5,14,17H2,1-3H3,(H,25,26,27,28). The molecule has 1 aromatic heterocycles. The molecular weight excluding hydrogens is 374 g/mol. The summed E-state index contributed by atoms with van der Waals surface area (Å²) in [6.45, 7) is 6.70. The van der Waals surface area contributed by atoms with Crippen molar-refractivity contribution in [1.29, 1.82) is 0 Å². The van der Waals surface area contributed by atoms with Gasteiger partial charge in [-0.1, -0.05) is 56.9 Å². The number of amides is 1. The molecule has 30 heavy (non-hydrogen) atoms. The molecule has 1 heterocycles. The summed E-state index contributed by atoms with van der Waals surface area (Å²) in [6, 6.07) is 15.8. The third-order valence-electron chi connectivity index (χ3n) is 4.52. The third-order valence-corrected chi connectivity index (χ3v) is 4.52. The number of aromatic amines is 1. The highest BCUT2D eigenvalue weighted by atomic mass is 16.2. The second kappa shape index (κ2) is 10.4. The summed E-state index contributed by atoms with van der Waals surface area (Å²) >= 11 is 0. The third kappa shape index (κ3) is 5.77. The lowest BCUT2D eigenvalue weighted by Gasteiger charge is -2.24. The van der Waals surface area contributed by atoms with E-state index >= 15 is 0 Å². The first kappa shape index (κ1) is 21.3. The fraction of sp³-hybridized carbons (Fsp3) is 0.333. The Bertz CT molecular complexity index is 1030. The number of H-pyrrole nitrogens is 1. The number of aromatic nitrogens is 4. The Morgan fingerprint density at radius 1 is 1.17 bits per heavy atom. The van der Waals surface area contributed by atoms with E-state index in [1.54, 1.807) is 0 Å². The van der Waals surface area contributed by atoms with Crippen molar-refractivity contribution in [3.63, 3.8) is 0 Å². The van der Waals surface area contributed by atoms with E-state index in [-0.39, 0.29) is 11.8 Å². The molecule has 0 aliphatic carbocycles. The van der Waals surface area contributed by atoms with Gasteiger partial charge in [0, 0.05) is 29.7 Å². The van der Waals surface area contributed by atoms with E-state index in [1.165, 1.54) is 0 Å². The van der Waals surface area contributed by atoms with Crippen LogP contribution in [0.15, 0.2) is 48.5 Å². The van der Waals surface area contributed by atoms with E-state index < -0.39 is 0 Å². The van der Waals surface area contributed by atoms with Crippen molar-refractivity contribution >= 4 is 11.6 Å². The molecule has 1 N–H and O–H groups in total. The summed E-state index contributed by atoms with van der Waals surface area (Å²) in [7, 11) is 0. The summed E-state index contributed by atoms with van der Waals surface area (Å²) in [5.41, 5.74) is 3.63. The first-order valence-electron chi connectivity index (χ1n) is 10.3. The van der Waals surface area contributed by atoms with Crippen LogP contribution in [-0.4, -0.2) is 26.5 Å². The molecule has 154 valence electrons. The molecule has 0 spiro atoms. The van der Waals surface area contributed by atoms with Gasteiger partial charge in [-0.05, 0) is 47.4 Å². The molecule has 0 fully saturated rings. The summed E-state index contributed by atoms with van der Waals surface area (Å²) in [5.74, 6) is 7.24. The Morgan fingerprint density at radius 3 is 2.73 bits per heavy atom. The van der Waals surface area contributed by atoms with Gasteiger partial charge in [0.15, 0.2) is 0 Å². The molecule has 0 unspecified atom stereocenters. The van der Waals surface area contributed by atoms with Crippen LogP contribution in [-0.2, 0) is 11.3 Å². The molecule has 0 bridgehead atoms. The number of carbonyl (C=O) groups excluding carboxylic acids is 1. The van der Waals surface area contributed by atoms with Gasteiger partial charge in [-0.3, -0.25) is 4.79 Å². The maximum Gasteiger partial charge on any atom is 0.227 e. The zero-order chi connectivity index (χ0) is 21.3. The number of nitrogens with zero attached hydrogens (tertiary/aromatic N) is 4. The molecule has 1 amide bonds. The van der Waals surface area contributed by atoms with Crippen LogP contribution in [0.25, 0.3) is 11.4 Å². The zero-order valence-electron chi connectivity index (χ0n) is 17.7. The van der Waals surface area contributed by atoms with Crippen LogP contribution in [0.1, 0.15) is 51.2 Å². The zero-order valence-corrected chi connectivity index (χ0v) is 17.7. The lowest BCUT2D eigenvalue weighted by molar-refractivity contribution is -0.119. The average Bonchev–Trinajstić information content (AvgIpc) is 3.27. The largest absolute Gasteiger partial charge is 0.308 e. The van der Waals surface area contributed by atoms with Crippen LogP contribution in [0.5, 0.6) is 0 Å². The van der Waals surface area contributed by atoms with Gasteiger partial charge in [-0.15, -0.1) is 10.2 Å². The molecule has 2 aromatic carbocycles. The Hall–Kier alpha value is -3.46. The first-order valence-corrected chi connectivity index (χ1v) is 10.3. The van der Waals surface area contributed by atoms with E-state index in [1.807, 2.05) is 47.4 Å². The van der Waals surface area contributed by atoms with Crippen molar-refractivity contribution < 1.29 is 4.79 Å². The van der Waals surface area contributed by atoms with E-state index in [0.29, 0.717) is 18.8 Å². The predicted octanol–water partition coefficient (Wildman–Crippen LogP) is 4.60. The Labute approximate surface area is 177 Å². The SMILES string of the molecule is CCCC#Cc1cccc(CN(C(=O)CC(C)C)c2cccc(-c3nn[nH]n3)c2)c1. The Morgan fingerprint density at radius 2 is 2.00 bits per heavy atom. The van der Waals surface area contributed by atoms with Gasteiger partial charge in [-0.25, -0.2) is 0 Å². The fourth-order valence-electron chi connectivity index (χ4n) is 3.10. The van der Waals surface area contributed by atoms with Crippen LogP contribution in [0.3, 0.4) is 0 Å². The van der Waals surface area contributed by atoms with Crippen molar-refractivity contribution in [3.8, 4) is 23.2 Å². The van der Waals surface area contributed by atoms with Gasteiger partial charge in [0.1, 0.15) is 0 Å². The number of nitrogens with one attached hydrogen (secondary N) is 1. The molecular formula is C24H27N5O. The average molecular weight is 402 g/mol. The minimum absolute atomic E-state index is 0.0812. The van der Waals surface area contributed by atoms with Gasteiger partial charge in [0.05, 0.1) is 6.54 Å². The minimum atomic E-state index is 0.0812. The maximum absolute atomic E-state index is 13.1. The van der Waals surface area contributed by atoms with Crippen molar-refractivity contribution in [2.75, 3.05) is 4.90 Å². The minimum Gasteiger partial charge on any atom is -0.308 e. The van der Waals surface area contributed by atoms with E-state index in [0.717, 1.165) is 35.2 Å². The number of rotatable bonds is 7. The number of benzene rings is 2. The van der Waals surface area contributed by atoms with Crippen LogP contribution in [0.2, 0.25) is 0 Å². The van der Waals surface area contributed by atoms with Crippen molar-refractivity contribution in [1.82, 2.24) is 20.6 Å². The molecule has 0 aliphatic rings. The number of tetrazole rings is 1. The highest BCUT2D eigenvalue weighted by molar-refractivity contribution is 5.94. The second-order valence-electron chi connectivity index (χ2n) is 7.62. The summed E-state index contributed by atoms with van der Waals surface area (Å²) in [5, 5.41) is 14.2. The molecule has 6 nitrogen and oxygen atoms in total. The van der Waals surface area contributed by atoms with Crippen LogP contribution in [0, 0.1) is 17.8 Å². The van der Waals surface area contributed by atoms with Gasteiger partial charge in [0.2, 0.25) is 11.7 Å². The lowest BCUT2D eigenvalue weighted by atomic mass is 10.1. The second-order valence-corrected chi connectivity index (χ2v) is 7.62. The summed E-state index contributed by atoms with van der Waals surface area (Å²) in [6.07, 6.45) is 2.40. The van der Waals surface area contributed by atoms with E-state index in [2.05, 4.69) is 59.3 Å². The quantitative estimate of drug-likeness (QED) is 0.587. The highest BCUT2D eigenvalue weighted by Gasteiger charge is 2.18. The first-order chi connectivity index (χ1) is 14.6. The molecule has 0 atom stereocenters. The number of carbonyl (C=O) groups is 1. The van der Waals surface area contributed by atoms with Gasteiger partial charge in [-0.2, -0.15) is 5.21 Å². The van der Waals surface area contributed by atoms with Crippen molar-refractivity contribution in [2.24, 2.45) is 5.92 Å². The molecule has 0 radical (unpaired) electrons. The van der Waals surface area contributed by atoms with Crippen molar-refractivity contribution in [3.05, 3.63) is 59.7 Å². The van der Waals surface area contributed by atoms with Gasteiger partial charge in [0.25, 0.3) is 0 Å². The number of hydrogen-bond acceptors (Lipinski definition) is 4. The lowest BCUT2D eigenvalue weighted by Crippen LogP contribution is -2.31. The normalized spacial score (nSPS) is 10.5. The van der Waals surface area contributed by atoms with Crippen molar-refractivity contribution in [2.45, 2.75) is 46.6 Å². The smallest absolute Gasteiger partial charge is 0.227 e. The highest BCUT2D eigenvalue weighted by Crippen LogP contribution is 2.25. The topological polar surface area (TPSA) is 74.8 Å².